The summed E-state index contributed by atoms with van der Waals surface area (Å²) >= 11 is 1.22. The van der Waals surface area contributed by atoms with Crippen LogP contribution in [-0.4, -0.2) is 65.7 Å². The number of nitriles is 1. The van der Waals surface area contributed by atoms with Crippen molar-refractivity contribution in [1.29, 1.82) is 5.26 Å². The molecule has 1 aliphatic carbocycles. The second-order valence-corrected chi connectivity index (χ2v) is 11.2. The molecule has 40 heavy (non-hydrogen) atoms. The van der Waals surface area contributed by atoms with Crippen molar-refractivity contribution >= 4 is 44.7 Å². The van der Waals surface area contributed by atoms with E-state index in [4.69, 9.17) is 15.1 Å². The first-order chi connectivity index (χ1) is 19.3. The van der Waals surface area contributed by atoms with E-state index in [0.717, 1.165) is 24.2 Å². The van der Waals surface area contributed by atoms with E-state index in [1.807, 2.05) is 29.0 Å². The fraction of sp³-hybridized carbons (Fsp3) is 0.310. The van der Waals surface area contributed by atoms with Crippen molar-refractivity contribution in [3.8, 4) is 17.3 Å². The Morgan fingerprint density at radius 2 is 1.85 bits per heavy atom. The number of benzene rings is 2. The number of carboxylic acids is 1. The van der Waals surface area contributed by atoms with E-state index in [2.05, 4.69) is 11.0 Å². The van der Waals surface area contributed by atoms with Gasteiger partial charge in [-0.05, 0) is 55.3 Å². The van der Waals surface area contributed by atoms with E-state index in [9.17, 15) is 14.4 Å². The van der Waals surface area contributed by atoms with Crippen LogP contribution in [0.3, 0.4) is 0 Å². The number of hydrogen-bond donors (Lipinski definition) is 1. The Bertz CT molecular complexity index is 1640. The molecule has 2 aromatic heterocycles. The van der Waals surface area contributed by atoms with Crippen LogP contribution in [0, 0.1) is 23.0 Å². The average molecular weight is 561 g/mol. The molecule has 0 spiro atoms. The summed E-state index contributed by atoms with van der Waals surface area (Å²) in [5, 5.41) is 20.1. The SMILES string of the molecule is CN(c1nc(-c2ccc(F)cc2)c(C#N)s1)c1cc(C2CC2)nc2c(F)cc(N3CCN(CC(=O)O)CC3)cc12. The van der Waals surface area contributed by atoms with Gasteiger partial charge >= 0.3 is 5.97 Å². The molecule has 0 atom stereocenters. The van der Waals surface area contributed by atoms with Gasteiger partial charge in [-0.3, -0.25) is 9.69 Å². The quantitative estimate of drug-likeness (QED) is 0.323. The van der Waals surface area contributed by atoms with Gasteiger partial charge in [0.2, 0.25) is 0 Å². The second kappa shape index (κ2) is 10.4. The highest BCUT2D eigenvalue weighted by Gasteiger charge is 2.29. The van der Waals surface area contributed by atoms with Crippen molar-refractivity contribution in [3.63, 3.8) is 0 Å². The summed E-state index contributed by atoms with van der Waals surface area (Å²) in [7, 11) is 1.84. The topological polar surface area (TPSA) is 96.6 Å². The number of fused-ring (bicyclic) bond motifs is 1. The normalized spacial score (nSPS) is 15.8. The van der Waals surface area contributed by atoms with E-state index >= 15 is 4.39 Å². The smallest absolute Gasteiger partial charge is 0.317 e. The molecule has 0 amide bonds. The van der Waals surface area contributed by atoms with Gasteiger partial charge in [0.05, 0.1) is 12.2 Å². The third kappa shape index (κ3) is 5.08. The molecule has 3 heterocycles. The highest BCUT2D eigenvalue weighted by molar-refractivity contribution is 7.16. The summed E-state index contributed by atoms with van der Waals surface area (Å²) in [5.74, 6) is -1.35. The summed E-state index contributed by atoms with van der Waals surface area (Å²) in [4.78, 5) is 26.7. The maximum absolute atomic E-state index is 15.7. The molecule has 0 unspecified atom stereocenters. The van der Waals surface area contributed by atoms with Crippen LogP contribution in [0.2, 0.25) is 0 Å². The molecule has 11 heteroatoms. The summed E-state index contributed by atoms with van der Waals surface area (Å²) in [6, 6.07) is 13.5. The van der Waals surface area contributed by atoms with Crippen molar-refractivity contribution in [2.45, 2.75) is 18.8 Å². The largest absolute Gasteiger partial charge is 0.480 e. The van der Waals surface area contributed by atoms with Gasteiger partial charge in [0, 0.05) is 61.5 Å². The van der Waals surface area contributed by atoms with Crippen molar-refractivity contribution in [1.82, 2.24) is 14.9 Å². The van der Waals surface area contributed by atoms with Crippen LogP contribution in [0.15, 0.2) is 42.5 Å². The number of hydrogen-bond acceptors (Lipinski definition) is 8. The van der Waals surface area contributed by atoms with Crippen LogP contribution in [-0.2, 0) is 4.79 Å². The number of carbonyl (C=O) groups is 1. The number of halogens is 2. The standard InChI is InChI=1S/C29H26F2N6O2S/c1-35(29-34-27(25(15-32)40-29)18-4-6-19(30)7-5-18)24-14-23(17-2-3-17)33-28-21(24)12-20(13-22(28)31)37-10-8-36(9-11-37)16-26(38)39/h4-7,12-14,17H,2-3,8-11,16H2,1H3,(H,38,39). The monoisotopic (exact) mass is 560 g/mol. The lowest BCUT2D eigenvalue weighted by Gasteiger charge is -2.35. The molecule has 2 aliphatic rings. The predicted octanol–water partition coefficient (Wildman–Crippen LogP) is 5.36. The lowest BCUT2D eigenvalue weighted by atomic mass is 10.1. The first-order valence-corrected chi connectivity index (χ1v) is 13.9. The number of carboxylic acid groups (broad SMARTS) is 1. The van der Waals surface area contributed by atoms with Crippen LogP contribution in [0.1, 0.15) is 29.3 Å². The molecular formula is C29H26F2N6O2S. The van der Waals surface area contributed by atoms with Crippen molar-refractivity contribution in [3.05, 3.63) is 64.7 Å². The van der Waals surface area contributed by atoms with Crippen LogP contribution in [0.25, 0.3) is 22.2 Å². The molecule has 2 fully saturated rings. The predicted molar refractivity (Wildman–Crippen MR) is 150 cm³/mol. The molecule has 1 saturated carbocycles. The zero-order valence-electron chi connectivity index (χ0n) is 21.8. The third-order valence-electron chi connectivity index (χ3n) is 7.42. The molecule has 1 N–H and O–H groups in total. The fourth-order valence-corrected chi connectivity index (χ4v) is 5.97. The Labute approximate surface area is 233 Å². The first kappa shape index (κ1) is 26.1. The van der Waals surface area contributed by atoms with E-state index in [-0.39, 0.29) is 17.9 Å². The summed E-state index contributed by atoms with van der Waals surface area (Å²) in [5.41, 5.74) is 3.68. The zero-order valence-corrected chi connectivity index (χ0v) is 22.6. The van der Waals surface area contributed by atoms with Gasteiger partial charge in [0.15, 0.2) is 10.9 Å². The maximum Gasteiger partial charge on any atom is 0.317 e. The molecule has 8 nitrogen and oxygen atoms in total. The first-order valence-electron chi connectivity index (χ1n) is 13.0. The van der Waals surface area contributed by atoms with Gasteiger partial charge in [-0.25, -0.2) is 18.7 Å². The Balaban J connectivity index is 1.40. The fourth-order valence-electron chi connectivity index (χ4n) is 5.11. The van der Waals surface area contributed by atoms with Gasteiger partial charge in [0.25, 0.3) is 0 Å². The molecule has 0 bridgehead atoms. The minimum atomic E-state index is -0.861. The summed E-state index contributed by atoms with van der Waals surface area (Å²) in [6.07, 6.45) is 2.01. The lowest BCUT2D eigenvalue weighted by molar-refractivity contribution is -0.138. The minimum absolute atomic E-state index is 0.0128. The Morgan fingerprint density at radius 3 is 2.50 bits per heavy atom. The number of aliphatic carboxylic acids is 1. The van der Waals surface area contributed by atoms with Gasteiger partial charge in [-0.1, -0.05) is 11.3 Å². The Hall–Kier alpha value is -4.14. The van der Waals surface area contributed by atoms with Gasteiger partial charge < -0.3 is 14.9 Å². The third-order valence-corrected chi connectivity index (χ3v) is 8.46. The molecule has 4 aromatic rings. The molecule has 1 saturated heterocycles. The zero-order chi connectivity index (χ0) is 28.0. The number of anilines is 3. The van der Waals surface area contributed by atoms with Crippen molar-refractivity contribution in [2.75, 3.05) is 49.6 Å². The van der Waals surface area contributed by atoms with Crippen LogP contribution in [0.5, 0.6) is 0 Å². The molecule has 1 aliphatic heterocycles. The lowest BCUT2D eigenvalue weighted by Crippen LogP contribution is -2.48. The van der Waals surface area contributed by atoms with Crippen molar-refractivity contribution < 1.29 is 18.7 Å². The van der Waals surface area contributed by atoms with Gasteiger partial charge in [-0.15, -0.1) is 0 Å². The molecule has 0 radical (unpaired) electrons. The highest BCUT2D eigenvalue weighted by Crippen LogP contribution is 2.44. The minimum Gasteiger partial charge on any atom is -0.480 e. The summed E-state index contributed by atoms with van der Waals surface area (Å²) in [6.45, 7) is 2.28. The highest BCUT2D eigenvalue weighted by atomic mass is 32.1. The van der Waals surface area contributed by atoms with E-state index < -0.39 is 11.8 Å². The number of aromatic nitrogens is 2. The van der Waals surface area contributed by atoms with E-state index in [1.165, 1.54) is 29.5 Å². The van der Waals surface area contributed by atoms with E-state index in [1.54, 1.807) is 12.1 Å². The molecular weight excluding hydrogens is 534 g/mol. The molecule has 204 valence electrons. The average Bonchev–Trinajstić information content (AvgIpc) is 3.71. The number of pyridine rings is 1. The molecule has 2 aromatic carbocycles. The summed E-state index contributed by atoms with van der Waals surface area (Å²) < 4.78 is 29.2. The number of nitrogens with zero attached hydrogens (tertiary/aromatic N) is 6. The maximum atomic E-state index is 15.7. The van der Waals surface area contributed by atoms with E-state index in [0.29, 0.717) is 64.4 Å². The van der Waals surface area contributed by atoms with Crippen LogP contribution < -0.4 is 9.80 Å². The Morgan fingerprint density at radius 1 is 1.12 bits per heavy atom. The second-order valence-electron chi connectivity index (χ2n) is 10.2. The van der Waals surface area contributed by atoms with Crippen molar-refractivity contribution in [2.24, 2.45) is 0 Å². The Kier molecular flexibility index (Phi) is 6.82. The number of thiazole rings is 1. The number of rotatable bonds is 7. The van der Waals surface area contributed by atoms with Crippen LogP contribution >= 0.6 is 11.3 Å². The molecule has 6 rings (SSSR count). The van der Waals surface area contributed by atoms with Crippen LogP contribution in [0.4, 0.5) is 25.3 Å². The van der Waals surface area contributed by atoms with Gasteiger partial charge in [-0.2, -0.15) is 5.26 Å². The van der Waals surface area contributed by atoms with Gasteiger partial charge in [0.1, 0.15) is 28.0 Å². The number of piperazine rings is 1.